The van der Waals surface area contributed by atoms with Gasteiger partial charge in [0.2, 0.25) is 0 Å². The number of rotatable bonds is 5. The van der Waals surface area contributed by atoms with Crippen molar-refractivity contribution in [1.29, 1.82) is 5.26 Å². The van der Waals surface area contributed by atoms with Crippen molar-refractivity contribution >= 4 is 23.4 Å². The highest BCUT2D eigenvalue weighted by Crippen LogP contribution is 2.25. The van der Waals surface area contributed by atoms with E-state index in [0.717, 1.165) is 5.75 Å². The molecule has 0 aromatic heterocycles. The number of hydrogen-bond donors (Lipinski definition) is 0. The number of nitriles is 1. The van der Waals surface area contributed by atoms with Crippen LogP contribution in [0.4, 0.5) is 0 Å². The highest BCUT2D eigenvalue weighted by atomic mass is 35.5. The van der Waals surface area contributed by atoms with Gasteiger partial charge in [-0.05, 0) is 24.3 Å². The van der Waals surface area contributed by atoms with Crippen LogP contribution in [0.1, 0.15) is 5.56 Å². The van der Waals surface area contributed by atoms with Crippen molar-refractivity contribution < 1.29 is 4.74 Å². The van der Waals surface area contributed by atoms with Crippen molar-refractivity contribution in [3.63, 3.8) is 0 Å². The lowest BCUT2D eigenvalue weighted by molar-refractivity contribution is 0.343. The Labute approximate surface area is 122 Å². The summed E-state index contributed by atoms with van der Waals surface area (Å²) in [5, 5.41) is 9.44. The molecule has 2 rings (SSSR count). The molecule has 19 heavy (non-hydrogen) atoms. The maximum absolute atomic E-state index is 9.01. The first kappa shape index (κ1) is 13.8. The first-order chi connectivity index (χ1) is 9.31. The van der Waals surface area contributed by atoms with Crippen molar-refractivity contribution in [3.05, 3.63) is 59.1 Å². The average molecular weight is 290 g/mol. The summed E-state index contributed by atoms with van der Waals surface area (Å²) in [6.07, 6.45) is 0. The zero-order valence-corrected chi connectivity index (χ0v) is 11.7. The number of thioether (sulfide) groups is 1. The van der Waals surface area contributed by atoms with Crippen molar-refractivity contribution in [2.45, 2.75) is 4.90 Å². The molecule has 0 unspecified atom stereocenters. The van der Waals surface area contributed by atoms with Gasteiger partial charge < -0.3 is 4.74 Å². The molecule has 0 heterocycles. The SMILES string of the molecule is N#Cc1c(Cl)cccc1OCCSc1ccccc1. The van der Waals surface area contributed by atoms with E-state index < -0.39 is 0 Å². The molecule has 96 valence electrons. The fraction of sp³-hybridized carbons (Fsp3) is 0.133. The zero-order valence-electron chi connectivity index (χ0n) is 10.2. The molecule has 0 atom stereocenters. The molecule has 0 aliphatic carbocycles. The molecule has 2 nitrogen and oxygen atoms in total. The van der Waals surface area contributed by atoms with Gasteiger partial charge in [0, 0.05) is 10.6 Å². The van der Waals surface area contributed by atoms with E-state index in [9.17, 15) is 0 Å². The van der Waals surface area contributed by atoms with Crippen LogP contribution in [0.2, 0.25) is 5.02 Å². The van der Waals surface area contributed by atoms with Gasteiger partial charge in [-0.2, -0.15) is 5.26 Å². The summed E-state index contributed by atoms with van der Waals surface area (Å²) in [5.41, 5.74) is 0.397. The summed E-state index contributed by atoms with van der Waals surface area (Å²) in [5.74, 6) is 1.37. The lowest BCUT2D eigenvalue weighted by Crippen LogP contribution is -2.01. The quantitative estimate of drug-likeness (QED) is 0.605. The molecule has 0 amide bonds. The van der Waals surface area contributed by atoms with Gasteiger partial charge in [-0.1, -0.05) is 35.9 Å². The lowest BCUT2D eigenvalue weighted by Gasteiger charge is -2.08. The van der Waals surface area contributed by atoms with E-state index >= 15 is 0 Å². The molecule has 0 N–H and O–H groups in total. The van der Waals surface area contributed by atoms with E-state index in [4.69, 9.17) is 21.6 Å². The van der Waals surface area contributed by atoms with Crippen molar-refractivity contribution in [2.75, 3.05) is 12.4 Å². The smallest absolute Gasteiger partial charge is 0.138 e. The number of benzene rings is 2. The second kappa shape index (κ2) is 7.08. The number of nitrogens with zero attached hydrogens (tertiary/aromatic N) is 1. The van der Waals surface area contributed by atoms with Crippen LogP contribution in [-0.2, 0) is 0 Å². The third-order valence-corrected chi connectivity index (χ3v) is 3.73. The third kappa shape index (κ3) is 3.92. The summed E-state index contributed by atoms with van der Waals surface area (Å²) in [7, 11) is 0. The number of halogens is 1. The number of hydrogen-bond acceptors (Lipinski definition) is 3. The van der Waals surface area contributed by atoms with Crippen LogP contribution in [-0.4, -0.2) is 12.4 Å². The van der Waals surface area contributed by atoms with Crippen LogP contribution in [0.15, 0.2) is 53.4 Å². The molecule has 0 saturated heterocycles. The van der Waals surface area contributed by atoms with Crippen molar-refractivity contribution in [1.82, 2.24) is 0 Å². The minimum absolute atomic E-state index is 0.397. The Morgan fingerprint density at radius 3 is 2.63 bits per heavy atom. The van der Waals surface area contributed by atoms with Gasteiger partial charge in [0.15, 0.2) is 0 Å². The van der Waals surface area contributed by atoms with Crippen LogP contribution >= 0.6 is 23.4 Å². The average Bonchev–Trinajstić information content (AvgIpc) is 2.45. The van der Waals surface area contributed by atoms with Crippen LogP contribution in [0.3, 0.4) is 0 Å². The molecular weight excluding hydrogens is 278 g/mol. The molecule has 0 aliphatic rings. The summed E-state index contributed by atoms with van der Waals surface area (Å²) in [6, 6.07) is 17.4. The Morgan fingerprint density at radius 1 is 1.11 bits per heavy atom. The fourth-order valence-electron chi connectivity index (χ4n) is 1.56. The van der Waals surface area contributed by atoms with E-state index in [1.807, 2.05) is 18.2 Å². The lowest BCUT2D eigenvalue weighted by atomic mass is 10.2. The van der Waals surface area contributed by atoms with E-state index in [2.05, 4.69) is 18.2 Å². The molecule has 0 saturated carbocycles. The highest BCUT2D eigenvalue weighted by molar-refractivity contribution is 7.99. The van der Waals surface area contributed by atoms with Crippen LogP contribution < -0.4 is 4.74 Å². The summed E-state index contributed by atoms with van der Waals surface area (Å²) in [6.45, 7) is 0.536. The maximum atomic E-state index is 9.01. The van der Waals surface area contributed by atoms with Gasteiger partial charge in [0.1, 0.15) is 17.4 Å². The van der Waals surface area contributed by atoms with Crippen LogP contribution in [0, 0.1) is 11.3 Å². The first-order valence-electron chi connectivity index (χ1n) is 5.80. The standard InChI is InChI=1S/C15H12ClNOS/c16-14-7-4-8-15(13(14)11-17)18-9-10-19-12-5-2-1-3-6-12/h1-8H,9-10H2. The summed E-state index contributed by atoms with van der Waals surface area (Å²) >= 11 is 7.65. The van der Waals surface area contributed by atoms with E-state index in [-0.39, 0.29) is 0 Å². The van der Waals surface area contributed by atoms with Gasteiger partial charge in [0.05, 0.1) is 11.6 Å². The van der Waals surface area contributed by atoms with Gasteiger partial charge in [-0.25, -0.2) is 0 Å². The second-order valence-corrected chi connectivity index (χ2v) is 5.31. The van der Waals surface area contributed by atoms with Crippen LogP contribution in [0.5, 0.6) is 5.75 Å². The fourth-order valence-corrected chi connectivity index (χ4v) is 2.52. The number of ether oxygens (including phenoxy) is 1. The normalized spacial score (nSPS) is 9.89. The first-order valence-corrected chi connectivity index (χ1v) is 7.17. The predicted octanol–water partition coefficient (Wildman–Crippen LogP) is 4.38. The van der Waals surface area contributed by atoms with Gasteiger partial charge in [-0.3, -0.25) is 0 Å². The Hall–Kier alpha value is -1.63. The maximum Gasteiger partial charge on any atom is 0.138 e. The topological polar surface area (TPSA) is 33.0 Å². The minimum atomic E-state index is 0.397. The molecule has 2 aromatic rings. The molecule has 4 heteroatoms. The monoisotopic (exact) mass is 289 g/mol. The van der Waals surface area contributed by atoms with Crippen LogP contribution in [0.25, 0.3) is 0 Å². The highest BCUT2D eigenvalue weighted by Gasteiger charge is 2.06. The molecular formula is C15H12ClNOS. The van der Waals surface area contributed by atoms with Crippen molar-refractivity contribution in [2.24, 2.45) is 0 Å². The summed E-state index contributed by atoms with van der Waals surface area (Å²) in [4.78, 5) is 1.21. The van der Waals surface area contributed by atoms with E-state index in [1.165, 1.54) is 4.90 Å². The minimum Gasteiger partial charge on any atom is -0.491 e. The Kier molecular flexibility index (Phi) is 5.14. The Bertz CT molecular complexity index is 580. The summed E-state index contributed by atoms with van der Waals surface area (Å²) < 4.78 is 5.60. The Balaban J connectivity index is 1.87. The zero-order chi connectivity index (χ0) is 13.5. The molecule has 2 aromatic carbocycles. The van der Waals surface area contributed by atoms with Gasteiger partial charge >= 0.3 is 0 Å². The molecule has 0 fully saturated rings. The molecule has 0 aliphatic heterocycles. The Morgan fingerprint density at radius 2 is 1.89 bits per heavy atom. The largest absolute Gasteiger partial charge is 0.491 e. The molecule has 0 radical (unpaired) electrons. The molecule has 0 spiro atoms. The van der Waals surface area contributed by atoms with E-state index in [0.29, 0.717) is 22.9 Å². The molecule has 0 bridgehead atoms. The third-order valence-electron chi connectivity index (χ3n) is 2.44. The van der Waals surface area contributed by atoms with E-state index in [1.54, 1.807) is 30.0 Å². The second-order valence-electron chi connectivity index (χ2n) is 3.73. The predicted molar refractivity (Wildman–Crippen MR) is 78.8 cm³/mol. The van der Waals surface area contributed by atoms with Gasteiger partial charge in [0.25, 0.3) is 0 Å². The van der Waals surface area contributed by atoms with Gasteiger partial charge in [-0.15, -0.1) is 11.8 Å². The van der Waals surface area contributed by atoms with Crippen molar-refractivity contribution in [3.8, 4) is 11.8 Å².